The minimum Gasteiger partial charge on any atom is -0.495 e. The Morgan fingerprint density at radius 1 is 1.21 bits per heavy atom. The summed E-state index contributed by atoms with van der Waals surface area (Å²) < 4.78 is 5.25. The van der Waals surface area contributed by atoms with Crippen molar-refractivity contribution < 1.29 is 19.6 Å². The minimum absolute atomic E-state index is 0.0629. The van der Waals surface area contributed by atoms with Crippen molar-refractivity contribution >= 4 is 17.2 Å². The zero-order valence-corrected chi connectivity index (χ0v) is 13.3. The van der Waals surface area contributed by atoms with Crippen LogP contribution in [0.25, 0.3) is 0 Å². The van der Waals surface area contributed by atoms with Gasteiger partial charge in [-0.3, -0.25) is 14.9 Å². The zero-order chi connectivity index (χ0) is 17.7. The number of aliphatic hydroxyl groups excluding tert-OH is 1. The van der Waals surface area contributed by atoms with Crippen LogP contribution in [0.2, 0.25) is 0 Å². The van der Waals surface area contributed by atoms with Gasteiger partial charge in [-0.25, -0.2) is 0 Å². The average molecular weight is 330 g/mol. The number of ketones is 1. The summed E-state index contributed by atoms with van der Waals surface area (Å²) in [6.07, 6.45) is -1.31. The van der Waals surface area contributed by atoms with Gasteiger partial charge in [0, 0.05) is 12.1 Å². The van der Waals surface area contributed by atoms with Gasteiger partial charge in [-0.1, -0.05) is 24.3 Å². The number of hydrogen-bond acceptors (Lipinski definition) is 6. The smallest absolute Gasteiger partial charge is 0.269 e. The first-order valence-electron chi connectivity index (χ1n) is 7.26. The van der Waals surface area contributed by atoms with Crippen molar-refractivity contribution in [3.63, 3.8) is 0 Å². The van der Waals surface area contributed by atoms with Crippen LogP contribution in [0.4, 0.5) is 11.4 Å². The first-order chi connectivity index (χ1) is 11.4. The van der Waals surface area contributed by atoms with E-state index in [4.69, 9.17) is 4.74 Å². The Morgan fingerprint density at radius 3 is 2.38 bits per heavy atom. The molecule has 0 fully saturated rings. The molecule has 2 rings (SSSR count). The summed E-state index contributed by atoms with van der Waals surface area (Å²) in [5.74, 6) is 0.140. The number of anilines is 1. The van der Waals surface area contributed by atoms with Crippen molar-refractivity contribution in [2.45, 2.75) is 19.1 Å². The van der Waals surface area contributed by atoms with Crippen molar-refractivity contribution in [2.75, 3.05) is 12.4 Å². The molecule has 0 aliphatic heterocycles. The summed E-state index contributed by atoms with van der Waals surface area (Å²) in [4.78, 5) is 21.9. The third-order valence-corrected chi connectivity index (χ3v) is 3.61. The molecule has 2 unspecified atom stereocenters. The fourth-order valence-electron chi connectivity index (χ4n) is 2.31. The van der Waals surface area contributed by atoms with Gasteiger partial charge in [-0.2, -0.15) is 0 Å². The number of ether oxygens (including phenoxy) is 1. The summed E-state index contributed by atoms with van der Waals surface area (Å²) in [6, 6.07) is 12.0. The first kappa shape index (κ1) is 17.4. The lowest BCUT2D eigenvalue weighted by atomic mass is 9.98. The molecule has 2 aromatic carbocycles. The molecule has 0 radical (unpaired) electrons. The van der Waals surface area contributed by atoms with Gasteiger partial charge < -0.3 is 15.2 Å². The number of benzene rings is 2. The largest absolute Gasteiger partial charge is 0.495 e. The molecular weight excluding hydrogens is 312 g/mol. The highest BCUT2D eigenvalue weighted by molar-refractivity contribution is 5.82. The molecule has 0 spiro atoms. The van der Waals surface area contributed by atoms with Crippen LogP contribution in [0.5, 0.6) is 5.75 Å². The van der Waals surface area contributed by atoms with Gasteiger partial charge in [0.1, 0.15) is 11.9 Å². The minimum atomic E-state index is -1.31. The number of Topliss-reactive ketones (excluding diaryl/α,β-unsaturated/α-hetero) is 1. The van der Waals surface area contributed by atoms with E-state index < -0.39 is 22.9 Å². The van der Waals surface area contributed by atoms with Crippen LogP contribution in [0.1, 0.15) is 18.5 Å². The molecule has 0 saturated carbocycles. The number of hydrogen-bond donors (Lipinski definition) is 2. The maximum Gasteiger partial charge on any atom is 0.269 e. The average Bonchev–Trinajstić information content (AvgIpc) is 2.59. The van der Waals surface area contributed by atoms with E-state index in [1.165, 1.54) is 38.3 Å². The zero-order valence-electron chi connectivity index (χ0n) is 13.3. The maximum absolute atomic E-state index is 11.6. The molecule has 7 nitrogen and oxygen atoms in total. The molecule has 2 atom stereocenters. The Kier molecular flexibility index (Phi) is 5.49. The van der Waals surface area contributed by atoms with Crippen molar-refractivity contribution in [3.8, 4) is 5.75 Å². The molecule has 0 bridgehead atoms. The number of non-ortho nitro benzene ring substituents is 1. The molecule has 7 heteroatoms. The fraction of sp³-hybridized carbons (Fsp3) is 0.235. The van der Waals surface area contributed by atoms with Gasteiger partial charge >= 0.3 is 0 Å². The summed E-state index contributed by atoms with van der Waals surface area (Å²) in [5.41, 5.74) is 1.09. The van der Waals surface area contributed by atoms with Crippen molar-refractivity contribution in [1.82, 2.24) is 0 Å². The second kappa shape index (κ2) is 7.56. The third kappa shape index (κ3) is 3.88. The number of nitrogens with zero attached hydrogens (tertiary/aromatic N) is 1. The van der Waals surface area contributed by atoms with Crippen LogP contribution in [-0.2, 0) is 4.79 Å². The highest BCUT2D eigenvalue weighted by Gasteiger charge is 2.26. The standard InChI is InChI=1S/C17H18N2O5/c1-11(20)17(21)16(12-7-9-13(10-8-12)19(22)23)18-14-5-3-4-6-15(14)24-2/h3-10,16-18,21H,1-2H3. The quantitative estimate of drug-likeness (QED) is 0.598. The Morgan fingerprint density at radius 2 is 1.83 bits per heavy atom. The number of carbonyl (C=O) groups excluding carboxylic acids is 1. The third-order valence-electron chi connectivity index (χ3n) is 3.61. The number of nitro groups is 1. The number of nitro benzene ring substituents is 1. The van der Waals surface area contributed by atoms with E-state index in [0.717, 1.165) is 0 Å². The van der Waals surface area contributed by atoms with Gasteiger partial charge in [-0.15, -0.1) is 0 Å². The van der Waals surface area contributed by atoms with Gasteiger partial charge in [-0.05, 0) is 24.6 Å². The van der Waals surface area contributed by atoms with E-state index in [1.807, 2.05) is 0 Å². The second-order valence-electron chi connectivity index (χ2n) is 5.23. The first-order valence-corrected chi connectivity index (χ1v) is 7.26. The number of methoxy groups -OCH3 is 1. The predicted octanol–water partition coefficient (Wildman–Crippen LogP) is 2.71. The van der Waals surface area contributed by atoms with Gasteiger partial charge in [0.25, 0.3) is 5.69 Å². The molecule has 126 valence electrons. The van der Waals surface area contributed by atoms with Gasteiger partial charge in [0.15, 0.2) is 5.78 Å². The van der Waals surface area contributed by atoms with Crippen LogP contribution >= 0.6 is 0 Å². The predicted molar refractivity (Wildman–Crippen MR) is 89.1 cm³/mol. The summed E-state index contributed by atoms with van der Waals surface area (Å²) in [6.45, 7) is 1.28. The molecular formula is C17H18N2O5. The van der Waals surface area contributed by atoms with E-state index in [0.29, 0.717) is 17.0 Å². The van der Waals surface area contributed by atoms with Crippen LogP contribution < -0.4 is 10.1 Å². The number of aliphatic hydroxyl groups is 1. The molecule has 0 aliphatic carbocycles. The molecule has 0 aliphatic rings. The molecule has 0 aromatic heterocycles. The summed E-state index contributed by atoms with van der Waals surface area (Å²) in [5, 5.41) is 24.1. The van der Waals surface area contributed by atoms with Gasteiger partial charge in [0.2, 0.25) is 0 Å². The van der Waals surface area contributed by atoms with Crippen LogP contribution in [0.15, 0.2) is 48.5 Å². The number of para-hydroxylation sites is 2. The van der Waals surface area contributed by atoms with E-state index in [9.17, 15) is 20.0 Å². The summed E-state index contributed by atoms with van der Waals surface area (Å²) >= 11 is 0. The molecule has 2 aromatic rings. The number of rotatable bonds is 7. The van der Waals surface area contributed by atoms with E-state index >= 15 is 0 Å². The molecule has 0 amide bonds. The highest BCUT2D eigenvalue weighted by atomic mass is 16.6. The van der Waals surface area contributed by atoms with Gasteiger partial charge in [0.05, 0.1) is 23.8 Å². The van der Waals surface area contributed by atoms with E-state index in [-0.39, 0.29) is 5.69 Å². The van der Waals surface area contributed by atoms with Crippen molar-refractivity contribution in [2.24, 2.45) is 0 Å². The lowest BCUT2D eigenvalue weighted by molar-refractivity contribution is -0.384. The van der Waals surface area contributed by atoms with Crippen molar-refractivity contribution in [1.29, 1.82) is 0 Å². The SMILES string of the molecule is COc1ccccc1NC(c1ccc([N+](=O)[O-])cc1)C(O)C(C)=O. The molecule has 0 saturated heterocycles. The fourth-order valence-corrected chi connectivity index (χ4v) is 2.31. The molecule has 0 heterocycles. The lowest BCUT2D eigenvalue weighted by Crippen LogP contribution is -2.31. The maximum atomic E-state index is 11.6. The van der Waals surface area contributed by atoms with Crippen LogP contribution in [0.3, 0.4) is 0 Å². The van der Waals surface area contributed by atoms with Crippen molar-refractivity contribution in [3.05, 3.63) is 64.2 Å². The van der Waals surface area contributed by atoms with Crippen LogP contribution in [0, 0.1) is 10.1 Å². The summed E-state index contributed by atoms with van der Waals surface area (Å²) in [7, 11) is 1.52. The molecule has 24 heavy (non-hydrogen) atoms. The molecule has 2 N–H and O–H groups in total. The van der Waals surface area contributed by atoms with Crippen LogP contribution in [-0.4, -0.2) is 29.0 Å². The number of carbonyl (C=O) groups is 1. The Labute approximate surface area is 139 Å². The topological polar surface area (TPSA) is 102 Å². The Bertz CT molecular complexity index is 730. The monoisotopic (exact) mass is 330 g/mol. The normalized spacial score (nSPS) is 13.0. The van der Waals surface area contributed by atoms with E-state index in [1.54, 1.807) is 24.3 Å². The lowest BCUT2D eigenvalue weighted by Gasteiger charge is -2.25. The Hall–Kier alpha value is -2.93. The highest BCUT2D eigenvalue weighted by Crippen LogP contribution is 2.30. The second-order valence-corrected chi connectivity index (χ2v) is 5.23. The Balaban J connectivity index is 2.38. The van der Waals surface area contributed by atoms with E-state index in [2.05, 4.69) is 5.32 Å². The number of nitrogens with one attached hydrogen (secondary N) is 1.